The van der Waals surface area contributed by atoms with Crippen LogP contribution >= 0.6 is 0 Å². The summed E-state index contributed by atoms with van der Waals surface area (Å²) in [6.07, 6.45) is 1.06. The van der Waals surface area contributed by atoms with Gasteiger partial charge in [-0.3, -0.25) is 4.68 Å². The molecule has 0 saturated carbocycles. The van der Waals surface area contributed by atoms with Crippen LogP contribution in [-0.2, 0) is 18.5 Å². The molecular weight excluding hydrogens is 186 g/mol. The van der Waals surface area contributed by atoms with Gasteiger partial charge in [0.05, 0.1) is 11.2 Å². The summed E-state index contributed by atoms with van der Waals surface area (Å²) >= 11 is 0. The Morgan fingerprint density at radius 1 is 1.40 bits per heavy atom. The van der Waals surface area contributed by atoms with Gasteiger partial charge in [-0.05, 0) is 39.2 Å². The van der Waals surface area contributed by atoms with E-state index in [-0.39, 0.29) is 5.54 Å². The summed E-state index contributed by atoms with van der Waals surface area (Å²) in [5.74, 6) is 0.647. The lowest BCUT2D eigenvalue weighted by Gasteiger charge is -2.23. The number of rotatable bonds is 3. The van der Waals surface area contributed by atoms with Gasteiger partial charge in [0.1, 0.15) is 0 Å². The van der Waals surface area contributed by atoms with Crippen molar-refractivity contribution in [2.45, 2.75) is 53.1 Å². The fraction of sp³-hybridized carbons (Fsp3) is 0.750. The molecule has 0 saturated heterocycles. The SMILES string of the molecule is CC(C)Cc1cc(CN)nn1C(C)(C)C. The topological polar surface area (TPSA) is 43.8 Å². The molecule has 0 atom stereocenters. The number of hydrogen-bond acceptors (Lipinski definition) is 2. The summed E-state index contributed by atoms with van der Waals surface area (Å²) in [5, 5.41) is 4.54. The summed E-state index contributed by atoms with van der Waals surface area (Å²) in [7, 11) is 0. The van der Waals surface area contributed by atoms with Gasteiger partial charge in [-0.1, -0.05) is 13.8 Å². The molecule has 0 aromatic carbocycles. The highest BCUT2D eigenvalue weighted by Crippen LogP contribution is 2.19. The second kappa shape index (κ2) is 4.35. The molecule has 0 unspecified atom stereocenters. The van der Waals surface area contributed by atoms with Crippen molar-refractivity contribution in [3.05, 3.63) is 17.5 Å². The maximum absolute atomic E-state index is 5.63. The molecule has 2 N–H and O–H groups in total. The summed E-state index contributed by atoms with van der Waals surface area (Å²) in [4.78, 5) is 0. The first-order valence-corrected chi connectivity index (χ1v) is 5.63. The van der Waals surface area contributed by atoms with Crippen LogP contribution < -0.4 is 5.73 Å². The van der Waals surface area contributed by atoms with Crippen LogP contribution in [0.3, 0.4) is 0 Å². The maximum Gasteiger partial charge on any atom is 0.0763 e. The highest BCUT2D eigenvalue weighted by Gasteiger charge is 2.19. The second-order valence-electron chi connectivity index (χ2n) is 5.51. The average molecular weight is 209 g/mol. The van der Waals surface area contributed by atoms with E-state index in [1.165, 1.54) is 5.69 Å². The zero-order valence-electron chi connectivity index (χ0n) is 10.5. The Morgan fingerprint density at radius 3 is 2.40 bits per heavy atom. The van der Waals surface area contributed by atoms with Crippen molar-refractivity contribution >= 4 is 0 Å². The number of nitrogens with two attached hydrogens (primary N) is 1. The van der Waals surface area contributed by atoms with Gasteiger partial charge in [-0.25, -0.2) is 0 Å². The Balaban J connectivity index is 3.06. The van der Waals surface area contributed by atoms with E-state index in [1.807, 2.05) is 0 Å². The molecule has 0 aliphatic rings. The predicted octanol–water partition coefficient (Wildman–Crippen LogP) is 2.30. The molecule has 0 fully saturated rings. The van der Waals surface area contributed by atoms with Crippen LogP contribution in [0.15, 0.2) is 6.07 Å². The summed E-state index contributed by atoms with van der Waals surface area (Å²) < 4.78 is 2.11. The molecule has 0 aliphatic heterocycles. The quantitative estimate of drug-likeness (QED) is 0.830. The van der Waals surface area contributed by atoms with E-state index >= 15 is 0 Å². The van der Waals surface area contributed by atoms with Crippen molar-refractivity contribution < 1.29 is 0 Å². The lowest BCUT2D eigenvalue weighted by Crippen LogP contribution is -2.26. The zero-order chi connectivity index (χ0) is 11.6. The third-order valence-electron chi connectivity index (χ3n) is 2.30. The Hall–Kier alpha value is -0.830. The van der Waals surface area contributed by atoms with Gasteiger partial charge in [-0.15, -0.1) is 0 Å². The van der Waals surface area contributed by atoms with E-state index in [0.717, 1.165) is 12.1 Å². The maximum atomic E-state index is 5.63. The van der Waals surface area contributed by atoms with Crippen molar-refractivity contribution in [2.75, 3.05) is 0 Å². The third-order valence-corrected chi connectivity index (χ3v) is 2.30. The van der Waals surface area contributed by atoms with Gasteiger partial charge in [0.15, 0.2) is 0 Å². The second-order valence-corrected chi connectivity index (χ2v) is 5.51. The minimum absolute atomic E-state index is 0.0393. The highest BCUT2D eigenvalue weighted by molar-refractivity contribution is 5.12. The van der Waals surface area contributed by atoms with E-state index in [4.69, 9.17) is 5.73 Å². The molecule has 86 valence electrons. The molecular formula is C12H23N3. The van der Waals surface area contributed by atoms with Gasteiger partial charge in [-0.2, -0.15) is 5.10 Å². The monoisotopic (exact) mass is 209 g/mol. The molecule has 0 amide bonds. The number of hydrogen-bond donors (Lipinski definition) is 1. The van der Waals surface area contributed by atoms with Crippen LogP contribution in [0.5, 0.6) is 0 Å². The van der Waals surface area contributed by atoms with Crippen LogP contribution in [0.1, 0.15) is 46.0 Å². The van der Waals surface area contributed by atoms with E-state index < -0.39 is 0 Å². The molecule has 0 radical (unpaired) electrons. The van der Waals surface area contributed by atoms with Crippen molar-refractivity contribution in [3.63, 3.8) is 0 Å². The van der Waals surface area contributed by atoms with E-state index in [0.29, 0.717) is 12.5 Å². The van der Waals surface area contributed by atoms with Gasteiger partial charge < -0.3 is 5.73 Å². The lowest BCUT2D eigenvalue weighted by atomic mass is 10.0. The number of aromatic nitrogens is 2. The first-order chi connectivity index (χ1) is 6.84. The Morgan fingerprint density at radius 2 is 2.00 bits per heavy atom. The van der Waals surface area contributed by atoms with E-state index in [9.17, 15) is 0 Å². The lowest BCUT2D eigenvalue weighted by molar-refractivity contribution is 0.336. The molecule has 1 heterocycles. The van der Waals surface area contributed by atoms with Crippen molar-refractivity contribution in [2.24, 2.45) is 11.7 Å². The molecule has 15 heavy (non-hydrogen) atoms. The van der Waals surface area contributed by atoms with Crippen molar-refractivity contribution in [1.29, 1.82) is 0 Å². The Labute approximate surface area is 92.7 Å². The summed E-state index contributed by atoms with van der Waals surface area (Å²) in [6, 6.07) is 2.13. The van der Waals surface area contributed by atoms with Crippen molar-refractivity contribution in [1.82, 2.24) is 9.78 Å². The molecule has 1 rings (SSSR count). The standard InChI is InChI=1S/C12H23N3/c1-9(2)6-11-7-10(8-13)14-15(11)12(3,4)5/h7,9H,6,8,13H2,1-5H3. The minimum atomic E-state index is 0.0393. The molecule has 0 bridgehead atoms. The Kier molecular flexibility index (Phi) is 3.55. The van der Waals surface area contributed by atoms with Crippen LogP contribution in [0.2, 0.25) is 0 Å². The first kappa shape index (κ1) is 12.2. The largest absolute Gasteiger partial charge is 0.325 e. The normalized spacial score (nSPS) is 12.5. The molecule has 3 heteroatoms. The fourth-order valence-electron chi connectivity index (χ4n) is 1.72. The Bertz CT molecular complexity index is 318. The predicted molar refractivity (Wildman–Crippen MR) is 63.7 cm³/mol. The van der Waals surface area contributed by atoms with Crippen LogP contribution in [-0.4, -0.2) is 9.78 Å². The summed E-state index contributed by atoms with van der Waals surface area (Å²) in [5.41, 5.74) is 7.95. The van der Waals surface area contributed by atoms with E-state index in [1.54, 1.807) is 0 Å². The van der Waals surface area contributed by atoms with Gasteiger partial charge in [0, 0.05) is 12.2 Å². The van der Waals surface area contributed by atoms with Crippen LogP contribution in [0.4, 0.5) is 0 Å². The molecule has 1 aromatic rings. The highest BCUT2D eigenvalue weighted by atomic mass is 15.3. The van der Waals surface area contributed by atoms with Gasteiger partial charge in [0.25, 0.3) is 0 Å². The van der Waals surface area contributed by atoms with Crippen LogP contribution in [0.25, 0.3) is 0 Å². The van der Waals surface area contributed by atoms with Gasteiger partial charge >= 0.3 is 0 Å². The van der Waals surface area contributed by atoms with E-state index in [2.05, 4.69) is 50.5 Å². The summed E-state index contributed by atoms with van der Waals surface area (Å²) in [6.45, 7) is 11.5. The molecule has 1 aromatic heterocycles. The fourth-order valence-corrected chi connectivity index (χ4v) is 1.72. The third kappa shape index (κ3) is 3.06. The minimum Gasteiger partial charge on any atom is -0.325 e. The smallest absolute Gasteiger partial charge is 0.0763 e. The first-order valence-electron chi connectivity index (χ1n) is 5.63. The molecule has 0 aliphatic carbocycles. The molecule has 0 spiro atoms. The molecule has 3 nitrogen and oxygen atoms in total. The van der Waals surface area contributed by atoms with Crippen LogP contribution in [0, 0.1) is 5.92 Å². The van der Waals surface area contributed by atoms with Gasteiger partial charge in [0.2, 0.25) is 0 Å². The average Bonchev–Trinajstić information content (AvgIpc) is 2.45. The number of nitrogens with zero attached hydrogens (tertiary/aromatic N) is 2. The zero-order valence-corrected chi connectivity index (χ0v) is 10.5. The van der Waals surface area contributed by atoms with Crippen molar-refractivity contribution in [3.8, 4) is 0 Å².